The molecule has 3 aromatic carbocycles. The van der Waals surface area contributed by atoms with Crippen LogP contribution in [0.4, 0.5) is 0 Å². The second kappa shape index (κ2) is 10.6. The van der Waals surface area contributed by atoms with Crippen molar-refractivity contribution in [3.63, 3.8) is 0 Å². The van der Waals surface area contributed by atoms with E-state index >= 15 is 0 Å². The number of benzene rings is 3. The number of ketones is 1. The number of carbonyl (C=O) groups is 1. The summed E-state index contributed by atoms with van der Waals surface area (Å²) < 4.78 is 12.3. The predicted octanol–water partition coefficient (Wildman–Crippen LogP) is 6.53. The topological polar surface area (TPSA) is 38.8 Å². The first kappa shape index (κ1) is 23.0. The summed E-state index contributed by atoms with van der Waals surface area (Å²) in [5.41, 5.74) is 2.41. The zero-order valence-corrected chi connectivity index (χ0v) is 20.2. The quantitative estimate of drug-likeness (QED) is 0.253. The lowest BCUT2D eigenvalue weighted by atomic mass is 9.97. The first-order valence-electron chi connectivity index (χ1n) is 11.3. The molecule has 1 heterocycles. The average molecular weight is 460 g/mol. The van der Waals surface area contributed by atoms with E-state index in [9.17, 15) is 4.79 Å². The van der Waals surface area contributed by atoms with Crippen LogP contribution in [0.5, 0.6) is 11.5 Å². The molecule has 4 aromatic rings. The van der Waals surface area contributed by atoms with Crippen molar-refractivity contribution in [3.05, 3.63) is 83.9 Å². The van der Waals surface area contributed by atoms with Gasteiger partial charge in [-0.3, -0.25) is 4.79 Å². The van der Waals surface area contributed by atoms with Gasteiger partial charge in [-0.25, -0.2) is 0 Å². The molecular formula is C28H29NO3S. The molecule has 0 aliphatic rings. The predicted molar refractivity (Wildman–Crippen MR) is 137 cm³/mol. The van der Waals surface area contributed by atoms with Crippen molar-refractivity contribution in [2.45, 2.75) is 13.8 Å². The highest BCUT2D eigenvalue weighted by Gasteiger charge is 2.21. The van der Waals surface area contributed by atoms with Gasteiger partial charge in [-0.1, -0.05) is 32.0 Å². The molecule has 4 rings (SSSR count). The van der Waals surface area contributed by atoms with Gasteiger partial charge < -0.3 is 14.4 Å². The minimum atomic E-state index is 0.0182. The van der Waals surface area contributed by atoms with Crippen molar-refractivity contribution in [1.82, 2.24) is 4.90 Å². The maximum absolute atomic E-state index is 13.6. The van der Waals surface area contributed by atoms with Crippen LogP contribution in [0.25, 0.3) is 20.5 Å². The Hall–Kier alpha value is -3.15. The van der Waals surface area contributed by atoms with E-state index in [1.165, 1.54) is 0 Å². The average Bonchev–Trinajstić information content (AvgIpc) is 3.26. The van der Waals surface area contributed by atoms with Crippen LogP contribution in [0.2, 0.25) is 0 Å². The fourth-order valence-corrected chi connectivity index (χ4v) is 5.10. The molecule has 33 heavy (non-hydrogen) atoms. The normalized spacial score (nSPS) is 11.2. The number of fused-ring (bicyclic) bond motifs is 1. The number of ether oxygens (including phenoxy) is 2. The summed E-state index contributed by atoms with van der Waals surface area (Å²) >= 11 is 1.65. The van der Waals surface area contributed by atoms with Crippen LogP contribution < -0.4 is 9.47 Å². The van der Waals surface area contributed by atoms with Crippen LogP contribution in [0, 0.1) is 0 Å². The highest BCUT2D eigenvalue weighted by molar-refractivity contribution is 7.22. The Morgan fingerprint density at radius 1 is 0.879 bits per heavy atom. The molecule has 0 saturated carbocycles. The maximum Gasteiger partial charge on any atom is 0.195 e. The number of thiophene rings is 1. The Labute approximate surface area is 199 Å². The minimum Gasteiger partial charge on any atom is -0.497 e. The van der Waals surface area contributed by atoms with Crippen molar-refractivity contribution in [2.75, 3.05) is 33.4 Å². The lowest BCUT2D eigenvalue weighted by Gasteiger charge is -2.18. The lowest BCUT2D eigenvalue weighted by molar-refractivity contribution is 0.104. The monoisotopic (exact) mass is 459 g/mol. The lowest BCUT2D eigenvalue weighted by Crippen LogP contribution is -2.27. The van der Waals surface area contributed by atoms with E-state index in [0.29, 0.717) is 12.2 Å². The largest absolute Gasteiger partial charge is 0.497 e. The Morgan fingerprint density at radius 2 is 1.55 bits per heavy atom. The first-order valence-corrected chi connectivity index (χ1v) is 12.1. The number of hydrogen-bond acceptors (Lipinski definition) is 5. The Kier molecular flexibility index (Phi) is 7.43. The van der Waals surface area contributed by atoms with Crippen molar-refractivity contribution < 1.29 is 14.3 Å². The molecule has 5 heteroatoms. The molecule has 170 valence electrons. The standard InChI is InChI=1S/C28H29NO3S/c1-4-29(5-2)18-19-32-23-16-12-21(13-17-23)28-26(24-8-6-7-9-25(24)33-28)27(30)20-10-14-22(31-3)15-11-20/h6-17H,4-5,18-19H2,1-3H3. The van der Waals surface area contributed by atoms with Crippen molar-refractivity contribution in [2.24, 2.45) is 0 Å². The van der Waals surface area contributed by atoms with Crippen molar-refractivity contribution in [3.8, 4) is 21.9 Å². The van der Waals surface area contributed by atoms with Crippen molar-refractivity contribution >= 4 is 27.2 Å². The number of rotatable bonds is 10. The van der Waals surface area contributed by atoms with Gasteiger partial charge in [0, 0.05) is 32.6 Å². The van der Waals surface area contributed by atoms with E-state index in [4.69, 9.17) is 9.47 Å². The summed E-state index contributed by atoms with van der Waals surface area (Å²) in [7, 11) is 1.62. The third-order valence-corrected chi connectivity index (χ3v) is 7.08. The summed E-state index contributed by atoms with van der Waals surface area (Å²) in [4.78, 5) is 16.9. The second-order valence-corrected chi connectivity index (χ2v) is 8.81. The maximum atomic E-state index is 13.6. The van der Waals surface area contributed by atoms with E-state index in [1.807, 2.05) is 66.7 Å². The van der Waals surface area contributed by atoms with Crippen LogP contribution in [0.1, 0.15) is 29.8 Å². The second-order valence-electron chi connectivity index (χ2n) is 7.76. The van der Waals surface area contributed by atoms with Gasteiger partial charge in [0.25, 0.3) is 0 Å². The molecule has 0 unspecified atom stereocenters. The molecule has 0 aliphatic heterocycles. The number of likely N-dealkylation sites (N-methyl/N-ethyl adjacent to an activating group) is 1. The fraction of sp³-hybridized carbons (Fsp3) is 0.250. The van der Waals surface area contributed by atoms with Gasteiger partial charge in [0.2, 0.25) is 0 Å². The molecule has 0 fully saturated rings. The highest BCUT2D eigenvalue weighted by atomic mass is 32.1. The zero-order valence-electron chi connectivity index (χ0n) is 19.3. The minimum absolute atomic E-state index is 0.0182. The highest BCUT2D eigenvalue weighted by Crippen LogP contribution is 2.40. The molecular weight excluding hydrogens is 430 g/mol. The summed E-state index contributed by atoms with van der Waals surface area (Å²) in [5.74, 6) is 1.60. The van der Waals surface area contributed by atoms with E-state index in [2.05, 4.69) is 24.8 Å². The molecule has 4 nitrogen and oxygen atoms in total. The smallest absolute Gasteiger partial charge is 0.195 e. The third kappa shape index (κ3) is 5.10. The van der Waals surface area contributed by atoms with Crippen LogP contribution in [-0.4, -0.2) is 44.0 Å². The van der Waals surface area contributed by atoms with E-state index in [0.717, 1.165) is 57.2 Å². The Bertz CT molecular complexity index is 1210. The van der Waals surface area contributed by atoms with Gasteiger partial charge in [-0.05, 0) is 73.3 Å². The summed E-state index contributed by atoms with van der Waals surface area (Å²) in [6.45, 7) is 7.93. The SMILES string of the molecule is CCN(CC)CCOc1ccc(-c2sc3ccccc3c2C(=O)c2ccc(OC)cc2)cc1. The van der Waals surface area contributed by atoms with Crippen molar-refractivity contribution in [1.29, 1.82) is 0 Å². The Balaban J connectivity index is 1.63. The van der Waals surface area contributed by atoms with Crippen LogP contribution in [0.3, 0.4) is 0 Å². The van der Waals surface area contributed by atoms with E-state index < -0.39 is 0 Å². The fourth-order valence-electron chi connectivity index (χ4n) is 3.90. The molecule has 0 atom stereocenters. The number of methoxy groups -OCH3 is 1. The first-order chi connectivity index (χ1) is 16.1. The van der Waals surface area contributed by atoms with Crippen LogP contribution >= 0.6 is 11.3 Å². The van der Waals surface area contributed by atoms with Gasteiger partial charge in [0.15, 0.2) is 5.78 Å². The molecule has 0 aliphatic carbocycles. The molecule has 0 radical (unpaired) electrons. The molecule has 0 bridgehead atoms. The molecule has 1 aromatic heterocycles. The summed E-state index contributed by atoms with van der Waals surface area (Å²) in [6, 6.07) is 23.5. The molecule has 0 saturated heterocycles. The number of carbonyl (C=O) groups excluding carboxylic acids is 1. The van der Waals surface area contributed by atoms with Gasteiger partial charge in [0.1, 0.15) is 18.1 Å². The third-order valence-electron chi connectivity index (χ3n) is 5.86. The molecule has 0 amide bonds. The van der Waals surface area contributed by atoms with Crippen LogP contribution in [-0.2, 0) is 0 Å². The van der Waals surface area contributed by atoms with Gasteiger partial charge in [-0.2, -0.15) is 0 Å². The van der Waals surface area contributed by atoms with Crippen LogP contribution in [0.15, 0.2) is 72.8 Å². The number of hydrogen-bond donors (Lipinski definition) is 0. The Morgan fingerprint density at radius 3 is 2.21 bits per heavy atom. The van der Waals surface area contributed by atoms with Gasteiger partial charge >= 0.3 is 0 Å². The van der Waals surface area contributed by atoms with E-state index in [1.54, 1.807) is 18.4 Å². The summed E-state index contributed by atoms with van der Waals surface area (Å²) in [6.07, 6.45) is 0. The zero-order chi connectivity index (χ0) is 23.2. The summed E-state index contributed by atoms with van der Waals surface area (Å²) in [5, 5.41) is 0.984. The number of nitrogens with zero attached hydrogens (tertiary/aromatic N) is 1. The van der Waals surface area contributed by atoms with Gasteiger partial charge in [-0.15, -0.1) is 11.3 Å². The van der Waals surface area contributed by atoms with E-state index in [-0.39, 0.29) is 5.78 Å². The molecule has 0 N–H and O–H groups in total. The van der Waals surface area contributed by atoms with Gasteiger partial charge in [0.05, 0.1) is 7.11 Å². The molecule has 0 spiro atoms.